The molecule has 2 aromatic rings. The number of likely N-dealkylation sites (tertiary alicyclic amines) is 1. The molecule has 0 unspecified atom stereocenters. The molecule has 0 radical (unpaired) electrons. The predicted molar refractivity (Wildman–Crippen MR) is 91.0 cm³/mol. The maximum atomic E-state index is 6.13. The largest absolute Gasteiger partial charge is 0.317 e. The summed E-state index contributed by atoms with van der Waals surface area (Å²) in [6.45, 7) is 3.15. The van der Waals surface area contributed by atoms with Crippen LogP contribution in [0.15, 0.2) is 30.9 Å². The average Bonchev–Trinajstić information content (AvgIpc) is 3.04. The fourth-order valence-corrected chi connectivity index (χ4v) is 3.00. The molecule has 1 aliphatic heterocycles. The van der Waals surface area contributed by atoms with E-state index in [-0.39, 0.29) is 12.4 Å². The van der Waals surface area contributed by atoms with Gasteiger partial charge >= 0.3 is 0 Å². The van der Waals surface area contributed by atoms with Crippen LogP contribution in [0.4, 0.5) is 0 Å². The molecule has 22 heavy (non-hydrogen) atoms. The van der Waals surface area contributed by atoms with E-state index in [2.05, 4.69) is 26.4 Å². The van der Waals surface area contributed by atoms with Crippen molar-refractivity contribution in [3.8, 4) is 5.69 Å². The van der Waals surface area contributed by atoms with Crippen molar-refractivity contribution in [2.75, 3.05) is 20.1 Å². The second kappa shape index (κ2) is 7.92. The molecule has 1 saturated heterocycles. The summed E-state index contributed by atoms with van der Waals surface area (Å²) < 4.78 is 1.78. The van der Waals surface area contributed by atoms with Crippen molar-refractivity contribution in [3.63, 3.8) is 0 Å². The monoisotopic (exact) mass is 341 g/mol. The van der Waals surface area contributed by atoms with Gasteiger partial charge in [0.2, 0.25) is 0 Å². The van der Waals surface area contributed by atoms with Crippen molar-refractivity contribution in [2.24, 2.45) is 0 Å². The van der Waals surface area contributed by atoms with E-state index >= 15 is 0 Å². The molecular formula is C15H21Cl2N5. The van der Waals surface area contributed by atoms with Crippen LogP contribution in [0.25, 0.3) is 5.69 Å². The number of piperidine rings is 1. The number of hydrogen-bond acceptors (Lipinski definition) is 4. The Morgan fingerprint density at radius 3 is 2.73 bits per heavy atom. The van der Waals surface area contributed by atoms with E-state index in [4.69, 9.17) is 11.6 Å². The smallest absolute Gasteiger partial charge is 0.138 e. The standard InChI is InChI=1S/C15H20ClN5.ClH/c1-17-14-4-6-20(7-5-14)9-12-2-3-13(16)8-15(12)21-11-18-10-19-21;/h2-3,8,10-11,14,17H,4-7,9H2,1H3;1H. The van der Waals surface area contributed by atoms with Gasteiger partial charge < -0.3 is 5.32 Å². The highest BCUT2D eigenvalue weighted by molar-refractivity contribution is 6.30. The zero-order valence-electron chi connectivity index (χ0n) is 12.6. The number of nitrogens with one attached hydrogen (secondary N) is 1. The van der Waals surface area contributed by atoms with Crippen molar-refractivity contribution >= 4 is 24.0 Å². The fraction of sp³-hybridized carbons (Fsp3) is 0.467. The molecule has 0 atom stereocenters. The third-order valence-electron chi connectivity index (χ3n) is 4.10. The van der Waals surface area contributed by atoms with Gasteiger partial charge in [-0.25, -0.2) is 9.67 Å². The lowest BCUT2D eigenvalue weighted by Crippen LogP contribution is -2.40. The number of hydrogen-bond donors (Lipinski definition) is 1. The van der Waals surface area contributed by atoms with Crippen molar-refractivity contribution in [1.82, 2.24) is 25.0 Å². The summed E-state index contributed by atoms with van der Waals surface area (Å²) in [5.74, 6) is 0. The Hall–Kier alpha value is -1.14. The van der Waals surface area contributed by atoms with Crippen LogP contribution in [0.5, 0.6) is 0 Å². The van der Waals surface area contributed by atoms with Gasteiger partial charge in [-0.1, -0.05) is 17.7 Å². The minimum absolute atomic E-state index is 0. The average molecular weight is 342 g/mol. The summed E-state index contributed by atoms with van der Waals surface area (Å²) in [7, 11) is 2.04. The first-order valence-corrected chi connectivity index (χ1v) is 7.67. The molecule has 0 spiro atoms. The highest BCUT2D eigenvalue weighted by Crippen LogP contribution is 2.22. The number of rotatable bonds is 4. The summed E-state index contributed by atoms with van der Waals surface area (Å²) in [6.07, 6.45) is 5.65. The van der Waals surface area contributed by atoms with Crippen LogP contribution in [0.2, 0.25) is 5.02 Å². The van der Waals surface area contributed by atoms with Crippen LogP contribution in [-0.4, -0.2) is 45.8 Å². The van der Waals surface area contributed by atoms with Crippen LogP contribution in [0.1, 0.15) is 18.4 Å². The normalized spacial score (nSPS) is 16.5. The Bertz CT molecular complexity index is 580. The topological polar surface area (TPSA) is 46.0 Å². The molecule has 1 N–H and O–H groups in total. The summed E-state index contributed by atoms with van der Waals surface area (Å²) in [5, 5.41) is 8.31. The van der Waals surface area contributed by atoms with Gasteiger partial charge in [-0.2, -0.15) is 5.10 Å². The minimum Gasteiger partial charge on any atom is -0.317 e. The maximum Gasteiger partial charge on any atom is 0.138 e. The highest BCUT2D eigenvalue weighted by atomic mass is 35.5. The Balaban J connectivity index is 0.00000176. The van der Waals surface area contributed by atoms with E-state index in [1.807, 2.05) is 19.2 Å². The summed E-state index contributed by atoms with van der Waals surface area (Å²) in [4.78, 5) is 6.51. The predicted octanol–water partition coefficient (Wildman–Crippen LogP) is 2.53. The quantitative estimate of drug-likeness (QED) is 0.928. The van der Waals surface area contributed by atoms with Gasteiger partial charge in [0.1, 0.15) is 12.7 Å². The molecule has 0 aliphatic carbocycles. The van der Waals surface area contributed by atoms with E-state index in [0.717, 1.165) is 30.3 Å². The molecule has 1 aromatic heterocycles. The zero-order chi connectivity index (χ0) is 14.7. The molecule has 0 saturated carbocycles. The third kappa shape index (κ3) is 3.98. The third-order valence-corrected chi connectivity index (χ3v) is 4.34. The number of halogens is 2. The second-order valence-electron chi connectivity index (χ2n) is 5.45. The molecule has 3 rings (SSSR count). The first-order valence-electron chi connectivity index (χ1n) is 7.29. The van der Waals surface area contributed by atoms with Crippen molar-refractivity contribution in [2.45, 2.75) is 25.4 Å². The van der Waals surface area contributed by atoms with Crippen molar-refractivity contribution < 1.29 is 0 Å². The number of aromatic nitrogens is 3. The molecule has 0 amide bonds. The van der Waals surface area contributed by atoms with E-state index in [1.54, 1.807) is 17.3 Å². The van der Waals surface area contributed by atoms with E-state index in [0.29, 0.717) is 6.04 Å². The van der Waals surface area contributed by atoms with E-state index in [1.165, 1.54) is 18.4 Å². The Labute approximate surface area is 142 Å². The van der Waals surface area contributed by atoms with Gasteiger partial charge in [-0.05, 0) is 50.7 Å². The van der Waals surface area contributed by atoms with Crippen molar-refractivity contribution in [1.29, 1.82) is 0 Å². The van der Waals surface area contributed by atoms with E-state index in [9.17, 15) is 0 Å². The highest BCUT2D eigenvalue weighted by Gasteiger charge is 2.19. The van der Waals surface area contributed by atoms with Gasteiger partial charge in [0.15, 0.2) is 0 Å². The lowest BCUT2D eigenvalue weighted by molar-refractivity contribution is 0.194. The van der Waals surface area contributed by atoms with Gasteiger partial charge in [0.05, 0.1) is 5.69 Å². The van der Waals surface area contributed by atoms with Gasteiger partial charge in [-0.15, -0.1) is 12.4 Å². The first kappa shape index (κ1) is 17.2. The summed E-state index contributed by atoms with van der Waals surface area (Å²) in [5.41, 5.74) is 2.24. The van der Waals surface area contributed by atoms with Gasteiger partial charge in [0, 0.05) is 17.6 Å². The Kier molecular flexibility index (Phi) is 6.20. The van der Waals surface area contributed by atoms with E-state index < -0.39 is 0 Å². The molecule has 120 valence electrons. The summed E-state index contributed by atoms with van der Waals surface area (Å²) >= 11 is 6.13. The fourth-order valence-electron chi connectivity index (χ4n) is 2.84. The zero-order valence-corrected chi connectivity index (χ0v) is 14.1. The lowest BCUT2D eigenvalue weighted by atomic mass is 10.0. The molecule has 0 bridgehead atoms. The van der Waals surface area contributed by atoms with Crippen LogP contribution in [0.3, 0.4) is 0 Å². The molecule has 1 aromatic carbocycles. The molecule has 5 nitrogen and oxygen atoms in total. The van der Waals surface area contributed by atoms with Crippen molar-refractivity contribution in [3.05, 3.63) is 41.4 Å². The lowest BCUT2D eigenvalue weighted by Gasteiger charge is -2.32. The first-order chi connectivity index (χ1) is 10.3. The molecule has 2 heterocycles. The molecule has 1 fully saturated rings. The Morgan fingerprint density at radius 2 is 2.09 bits per heavy atom. The maximum absolute atomic E-state index is 6.13. The Morgan fingerprint density at radius 1 is 1.32 bits per heavy atom. The second-order valence-corrected chi connectivity index (χ2v) is 5.89. The van der Waals surface area contributed by atoms with Gasteiger partial charge in [0.25, 0.3) is 0 Å². The number of nitrogens with zero attached hydrogens (tertiary/aromatic N) is 4. The minimum atomic E-state index is 0. The van der Waals surface area contributed by atoms with Crippen LogP contribution < -0.4 is 5.32 Å². The SMILES string of the molecule is CNC1CCN(Cc2ccc(Cl)cc2-n2cncn2)CC1.Cl. The summed E-state index contributed by atoms with van der Waals surface area (Å²) in [6, 6.07) is 6.63. The molecule has 1 aliphatic rings. The van der Waals surface area contributed by atoms with Crippen LogP contribution in [0, 0.1) is 0 Å². The van der Waals surface area contributed by atoms with Crippen LogP contribution >= 0.6 is 24.0 Å². The molecule has 7 heteroatoms. The molecular weight excluding hydrogens is 321 g/mol. The van der Waals surface area contributed by atoms with Crippen LogP contribution in [-0.2, 0) is 6.54 Å². The number of benzene rings is 1. The van der Waals surface area contributed by atoms with Gasteiger partial charge in [-0.3, -0.25) is 4.90 Å².